The summed E-state index contributed by atoms with van der Waals surface area (Å²) in [6, 6.07) is 21.2. The quantitative estimate of drug-likeness (QED) is 0.00640. The Morgan fingerprint density at radius 1 is 0.482 bits per heavy atom. The van der Waals surface area contributed by atoms with Gasteiger partial charge in [-0.3, -0.25) is 19.2 Å². The number of nitrogens with zero attached hydrogens (tertiary/aromatic N) is 2. The fourth-order valence-corrected chi connectivity index (χ4v) is 10.6. The number of pyridine rings is 1. The normalized spacial score (nSPS) is 11.9. The van der Waals surface area contributed by atoms with E-state index in [0.717, 1.165) is 102 Å². The van der Waals surface area contributed by atoms with Gasteiger partial charge in [0, 0.05) is 76.6 Å². The van der Waals surface area contributed by atoms with Crippen molar-refractivity contribution in [1.29, 1.82) is 0 Å². The lowest BCUT2D eigenvalue weighted by Gasteiger charge is -2.31. The van der Waals surface area contributed by atoms with Gasteiger partial charge >= 0.3 is 11.9 Å². The Labute approximate surface area is 530 Å². The van der Waals surface area contributed by atoms with Gasteiger partial charge < -0.3 is 83.9 Å². The molecule has 83 heavy (non-hydrogen) atoms. The third-order valence-electron chi connectivity index (χ3n) is 16.3. The predicted molar refractivity (Wildman–Crippen MR) is 330 cm³/mol. The van der Waals surface area contributed by atoms with Crippen LogP contribution in [0.1, 0.15) is 202 Å². The molecule has 0 aliphatic heterocycles. The lowest BCUT2D eigenvalue weighted by Crippen LogP contribution is -3.00. The van der Waals surface area contributed by atoms with Crippen molar-refractivity contribution in [2.24, 2.45) is 0 Å². The van der Waals surface area contributed by atoms with E-state index in [9.17, 15) is 39.0 Å². The molecular weight excluding hydrogens is 1270 g/mol. The van der Waals surface area contributed by atoms with E-state index in [-0.39, 0.29) is 108 Å². The summed E-state index contributed by atoms with van der Waals surface area (Å²) in [5.74, 6) is -4.12. The minimum absolute atomic E-state index is 0. The van der Waals surface area contributed by atoms with Crippen molar-refractivity contribution in [2.45, 2.75) is 209 Å². The monoisotopic (exact) mass is 1370 g/mol. The number of anilines is 2. The molecule has 4 amide bonds. The predicted octanol–water partition coefficient (Wildman–Crippen LogP) is 8.15. The first-order valence-electron chi connectivity index (χ1n) is 30.9. The van der Waals surface area contributed by atoms with Crippen LogP contribution in [0, 0.1) is 0 Å². The van der Waals surface area contributed by atoms with Gasteiger partial charge in [-0.15, -0.1) is 0 Å². The van der Waals surface area contributed by atoms with Gasteiger partial charge in [-0.1, -0.05) is 154 Å². The molecule has 0 unspecified atom stereocenters. The summed E-state index contributed by atoms with van der Waals surface area (Å²) in [5, 5.41) is 34.6. The number of rotatable bonds is 41. The minimum atomic E-state index is -1.23. The maximum atomic E-state index is 14.2. The van der Waals surface area contributed by atoms with Crippen molar-refractivity contribution in [3.8, 4) is 11.3 Å². The molecule has 1 heterocycles. The average molecular weight is 1370 g/mol. The second-order valence-corrected chi connectivity index (χ2v) is 22.5. The number of aliphatic carboxylic acids is 2. The van der Waals surface area contributed by atoms with E-state index in [2.05, 4.69) is 60.6 Å². The standard InChI is InChI=1S/C67H98N6O8.2HI/c1-8-12-14-16-18-20-22-24-26-31-44-68-61(74)42-40-55(50(5)66(78)79)64(76)70-53-36-38-57-58-39-37-54(49-60(58)72(46-33-47-73(7,10-3)11-4)63(59(57)48-53)52-34-29-28-30-35-52)71-65(77)56(51(6)67(80)81)41-43-62(75)69-45-32-27-25-23-21-19-17-15-13-9-2;;/h28-30,34-39,48-49H,8-27,31-33,40-47H2,1-7H3,(H4-,68,69,70,74,75,76,78,79,80,81);2*1H/b55-50-,56-51-;;. The van der Waals surface area contributed by atoms with Crippen molar-refractivity contribution in [2.75, 3.05) is 50.4 Å². The second kappa shape index (κ2) is 41.2. The molecule has 4 aromatic rings. The smallest absolute Gasteiger partial charge is 0.331 e. The van der Waals surface area contributed by atoms with Gasteiger partial charge in [0.1, 0.15) is 0 Å². The number of fused-ring (bicyclic) bond motifs is 3. The Kier molecular flexibility index (Phi) is 36.8. The van der Waals surface area contributed by atoms with Gasteiger partial charge in [-0.25, -0.2) is 9.59 Å². The molecule has 460 valence electrons. The van der Waals surface area contributed by atoms with E-state index in [1.165, 1.54) is 104 Å². The maximum Gasteiger partial charge on any atom is 0.331 e. The molecule has 1 aromatic heterocycles. The number of halogens is 2. The Morgan fingerprint density at radius 3 is 1.31 bits per heavy atom. The third kappa shape index (κ3) is 25.7. The molecule has 0 aliphatic carbocycles. The van der Waals surface area contributed by atoms with E-state index in [4.69, 9.17) is 0 Å². The SMILES string of the molecule is CCCCCCCCCCCCNC(=O)CC/C(C(=O)Nc1ccc2c(c1)c(-c1ccccc1)[n+](CCC[N+](C)(CC)CC)c1cc(NC(=O)/C(CCC(=O)NCCCCCCCCCCCC)=C(/C)C(=O)O)ccc21)=C(\C)C(=O)O.[I-].[I-]. The number of aryl methyl sites for hydroxylation is 1. The molecule has 0 fully saturated rings. The van der Waals surface area contributed by atoms with Crippen LogP contribution in [0.4, 0.5) is 11.4 Å². The van der Waals surface area contributed by atoms with Gasteiger partial charge in [-0.2, -0.15) is 4.57 Å². The zero-order chi connectivity index (χ0) is 59.0. The third-order valence-corrected chi connectivity index (χ3v) is 16.3. The summed E-state index contributed by atoms with van der Waals surface area (Å²) >= 11 is 0. The fraction of sp³-hybridized carbons (Fsp3) is 0.567. The number of aromatic nitrogens is 1. The number of hydrogen-bond donors (Lipinski definition) is 6. The van der Waals surface area contributed by atoms with Crippen LogP contribution < -0.4 is 73.8 Å². The molecule has 0 spiro atoms. The van der Waals surface area contributed by atoms with Crippen LogP contribution in [-0.4, -0.2) is 90.0 Å². The first-order valence-corrected chi connectivity index (χ1v) is 30.9. The fourth-order valence-electron chi connectivity index (χ4n) is 10.6. The number of hydrogen-bond acceptors (Lipinski definition) is 6. The van der Waals surface area contributed by atoms with Crippen LogP contribution in [0.15, 0.2) is 89.0 Å². The van der Waals surface area contributed by atoms with Crippen molar-refractivity contribution in [1.82, 2.24) is 10.6 Å². The molecule has 0 bridgehead atoms. The van der Waals surface area contributed by atoms with E-state index in [1.807, 2.05) is 54.6 Å². The number of unbranched alkanes of at least 4 members (excludes halogenated alkanes) is 18. The summed E-state index contributed by atoms with van der Waals surface area (Å²) < 4.78 is 3.11. The lowest BCUT2D eigenvalue weighted by atomic mass is 9.97. The number of carboxylic acids is 2. The Hall–Kier alpha value is -4.95. The first-order chi connectivity index (χ1) is 39.1. The summed E-state index contributed by atoms with van der Waals surface area (Å²) in [5.41, 5.74) is 3.29. The maximum absolute atomic E-state index is 14.2. The summed E-state index contributed by atoms with van der Waals surface area (Å²) in [7, 11) is 2.25. The molecule has 6 N–H and O–H groups in total. The summed E-state index contributed by atoms with van der Waals surface area (Å²) in [6.45, 7) is 16.1. The van der Waals surface area contributed by atoms with Crippen LogP contribution in [0.2, 0.25) is 0 Å². The van der Waals surface area contributed by atoms with E-state index >= 15 is 0 Å². The Morgan fingerprint density at radius 2 is 0.892 bits per heavy atom. The molecule has 14 nitrogen and oxygen atoms in total. The second-order valence-electron chi connectivity index (χ2n) is 22.5. The number of amides is 4. The molecular formula is C67H100I2N6O8. The van der Waals surface area contributed by atoms with Crippen LogP contribution in [0.3, 0.4) is 0 Å². The largest absolute Gasteiger partial charge is 1.00 e. The zero-order valence-corrected chi connectivity index (χ0v) is 55.6. The number of carboxylic acid groups (broad SMARTS) is 2. The van der Waals surface area contributed by atoms with Gasteiger partial charge in [0.05, 0.1) is 43.9 Å². The zero-order valence-electron chi connectivity index (χ0n) is 51.3. The van der Waals surface area contributed by atoms with Crippen molar-refractivity contribution >= 4 is 68.6 Å². The van der Waals surface area contributed by atoms with E-state index < -0.39 is 23.8 Å². The highest BCUT2D eigenvalue weighted by Crippen LogP contribution is 2.35. The van der Waals surface area contributed by atoms with Gasteiger partial charge in [0.2, 0.25) is 23.0 Å². The molecule has 0 saturated heterocycles. The highest BCUT2D eigenvalue weighted by molar-refractivity contribution is 6.14. The highest BCUT2D eigenvalue weighted by atomic mass is 127. The number of quaternary nitrogens is 1. The van der Waals surface area contributed by atoms with Crippen LogP contribution in [0.25, 0.3) is 32.9 Å². The number of benzene rings is 3. The average Bonchev–Trinajstić information content (AvgIpc) is 3.35. The van der Waals surface area contributed by atoms with Crippen molar-refractivity contribution in [3.05, 3.63) is 89.0 Å². The van der Waals surface area contributed by atoms with Crippen LogP contribution in [-0.2, 0) is 35.3 Å². The molecule has 0 radical (unpaired) electrons. The minimum Gasteiger partial charge on any atom is -1.00 e. The number of nitrogens with one attached hydrogen (secondary N) is 4. The Bertz CT molecular complexity index is 2740. The number of carbonyl (C=O) groups excluding carboxylic acids is 4. The molecule has 0 atom stereocenters. The van der Waals surface area contributed by atoms with E-state index in [1.54, 1.807) is 12.1 Å². The summed E-state index contributed by atoms with van der Waals surface area (Å²) in [6.07, 6.45) is 24.4. The first kappa shape index (κ1) is 74.2. The molecule has 0 aliphatic rings. The van der Waals surface area contributed by atoms with Gasteiger partial charge in [-0.05, 0) is 89.8 Å². The summed E-state index contributed by atoms with van der Waals surface area (Å²) in [4.78, 5) is 79.1. The van der Waals surface area contributed by atoms with E-state index in [0.29, 0.717) is 31.0 Å². The molecule has 4 rings (SSSR count). The topological polar surface area (TPSA) is 195 Å². The van der Waals surface area contributed by atoms with Crippen molar-refractivity contribution in [3.63, 3.8) is 0 Å². The lowest BCUT2D eigenvalue weighted by molar-refractivity contribution is -0.908. The molecule has 0 saturated carbocycles. The van der Waals surface area contributed by atoms with Crippen molar-refractivity contribution < 1.29 is 96.0 Å². The highest BCUT2D eigenvalue weighted by Gasteiger charge is 2.28. The van der Waals surface area contributed by atoms with Crippen LogP contribution >= 0.6 is 0 Å². The molecule has 3 aromatic carbocycles. The van der Waals surface area contributed by atoms with Crippen LogP contribution in [0.5, 0.6) is 0 Å². The van der Waals surface area contributed by atoms with Gasteiger partial charge in [0.15, 0.2) is 6.54 Å². The Balaban J connectivity index is 0.0000118. The van der Waals surface area contributed by atoms with Gasteiger partial charge in [0.25, 0.3) is 11.8 Å². The number of carbonyl (C=O) groups is 6. The molecule has 16 heteroatoms.